The summed E-state index contributed by atoms with van der Waals surface area (Å²) in [7, 11) is 0. The average Bonchev–Trinajstić information content (AvgIpc) is 2.67. The number of hydrogen-bond donors (Lipinski definition) is 1. The molecule has 88 valence electrons. The van der Waals surface area contributed by atoms with Gasteiger partial charge in [0.05, 0.1) is 3.79 Å². The van der Waals surface area contributed by atoms with Gasteiger partial charge in [0.1, 0.15) is 0 Å². The molecule has 2 nitrogen and oxygen atoms in total. The maximum atomic E-state index is 12.1. The van der Waals surface area contributed by atoms with Crippen LogP contribution in [0.15, 0.2) is 38.6 Å². The standard InChI is InChI=1S/C12H9Br2NOS/c13-10-3-1-7(15)5-9(10)11(16)6-8-2-4-12(14)17-8/h1-5H,6,15H2. The molecule has 0 fully saturated rings. The smallest absolute Gasteiger partial charge is 0.169 e. The molecule has 1 aromatic heterocycles. The van der Waals surface area contributed by atoms with Gasteiger partial charge in [-0.15, -0.1) is 11.3 Å². The number of thiophene rings is 1. The van der Waals surface area contributed by atoms with Crippen LogP contribution in [-0.4, -0.2) is 5.78 Å². The molecule has 0 radical (unpaired) electrons. The van der Waals surface area contributed by atoms with Crippen LogP contribution < -0.4 is 5.73 Å². The van der Waals surface area contributed by atoms with Crippen molar-refractivity contribution in [3.63, 3.8) is 0 Å². The van der Waals surface area contributed by atoms with Crippen LogP contribution in [-0.2, 0) is 6.42 Å². The van der Waals surface area contributed by atoms with Crippen LogP contribution in [0, 0.1) is 0 Å². The second-order valence-electron chi connectivity index (χ2n) is 3.55. The van der Waals surface area contributed by atoms with Crippen LogP contribution in [0.25, 0.3) is 0 Å². The van der Waals surface area contributed by atoms with E-state index in [1.54, 1.807) is 29.5 Å². The van der Waals surface area contributed by atoms with Gasteiger partial charge in [-0.05, 0) is 46.3 Å². The highest BCUT2D eigenvalue weighted by Gasteiger charge is 2.12. The quantitative estimate of drug-likeness (QED) is 0.643. The van der Waals surface area contributed by atoms with Gasteiger partial charge >= 0.3 is 0 Å². The Balaban J connectivity index is 2.22. The fourth-order valence-corrected chi connectivity index (χ4v) is 3.41. The number of ketones is 1. The lowest BCUT2D eigenvalue weighted by atomic mass is 10.1. The van der Waals surface area contributed by atoms with E-state index in [9.17, 15) is 4.79 Å². The Labute approximate surface area is 120 Å². The summed E-state index contributed by atoms with van der Waals surface area (Å²) >= 11 is 8.32. The molecule has 2 rings (SSSR count). The van der Waals surface area contributed by atoms with Crippen LogP contribution in [0.2, 0.25) is 0 Å². The van der Waals surface area contributed by atoms with E-state index >= 15 is 0 Å². The lowest BCUT2D eigenvalue weighted by Crippen LogP contribution is -2.04. The number of nitrogens with two attached hydrogens (primary N) is 1. The van der Waals surface area contributed by atoms with Crippen molar-refractivity contribution in [2.45, 2.75) is 6.42 Å². The molecular weight excluding hydrogens is 366 g/mol. The summed E-state index contributed by atoms with van der Waals surface area (Å²) in [6, 6.07) is 9.17. The van der Waals surface area contributed by atoms with E-state index in [0.717, 1.165) is 13.1 Å². The molecule has 0 aliphatic heterocycles. The van der Waals surface area contributed by atoms with Crippen molar-refractivity contribution in [2.75, 3.05) is 5.73 Å². The molecule has 0 atom stereocenters. The minimum atomic E-state index is 0.0681. The third kappa shape index (κ3) is 3.18. The Morgan fingerprint density at radius 1 is 1.24 bits per heavy atom. The molecule has 0 aliphatic rings. The molecule has 0 amide bonds. The fraction of sp³-hybridized carbons (Fsp3) is 0.0833. The number of hydrogen-bond acceptors (Lipinski definition) is 3. The van der Waals surface area contributed by atoms with Crippen molar-refractivity contribution in [2.24, 2.45) is 0 Å². The number of Topliss-reactive ketones (excluding diaryl/α,β-unsaturated/α-hetero) is 1. The Morgan fingerprint density at radius 2 is 2.00 bits per heavy atom. The topological polar surface area (TPSA) is 43.1 Å². The molecule has 1 aromatic carbocycles. The number of halogens is 2. The molecule has 0 saturated heterocycles. The summed E-state index contributed by atoms with van der Waals surface area (Å²) in [5.74, 6) is 0.0681. The summed E-state index contributed by atoms with van der Waals surface area (Å²) in [6.45, 7) is 0. The summed E-state index contributed by atoms with van der Waals surface area (Å²) < 4.78 is 1.82. The predicted molar refractivity (Wildman–Crippen MR) is 78.6 cm³/mol. The normalized spacial score (nSPS) is 10.5. The van der Waals surface area contributed by atoms with Crippen LogP contribution in [0.1, 0.15) is 15.2 Å². The van der Waals surface area contributed by atoms with Gasteiger partial charge in [-0.1, -0.05) is 15.9 Å². The van der Waals surface area contributed by atoms with Gasteiger partial charge in [0.25, 0.3) is 0 Å². The van der Waals surface area contributed by atoms with E-state index in [1.807, 2.05) is 12.1 Å². The minimum absolute atomic E-state index is 0.0681. The second-order valence-corrected chi connectivity index (χ2v) is 6.95. The number of rotatable bonds is 3. The van der Waals surface area contributed by atoms with Crippen molar-refractivity contribution in [1.29, 1.82) is 0 Å². The van der Waals surface area contributed by atoms with Crippen LogP contribution in [0.4, 0.5) is 5.69 Å². The molecule has 2 aromatic rings. The lowest BCUT2D eigenvalue weighted by Gasteiger charge is -2.03. The van der Waals surface area contributed by atoms with Gasteiger partial charge < -0.3 is 5.73 Å². The Hall–Kier alpha value is -0.650. The van der Waals surface area contributed by atoms with E-state index in [2.05, 4.69) is 31.9 Å². The summed E-state index contributed by atoms with van der Waals surface area (Å²) in [6.07, 6.45) is 0.401. The first kappa shape index (κ1) is 12.8. The molecule has 0 unspecified atom stereocenters. The minimum Gasteiger partial charge on any atom is -0.399 e. The van der Waals surface area contributed by atoms with Gasteiger partial charge in [-0.2, -0.15) is 0 Å². The highest BCUT2D eigenvalue weighted by Crippen LogP contribution is 2.25. The molecule has 0 spiro atoms. The third-order valence-corrected chi connectivity index (χ3v) is 4.57. The lowest BCUT2D eigenvalue weighted by molar-refractivity contribution is 0.0993. The Bertz CT molecular complexity index is 565. The Morgan fingerprint density at radius 3 is 2.65 bits per heavy atom. The zero-order chi connectivity index (χ0) is 12.4. The molecule has 2 N–H and O–H groups in total. The zero-order valence-corrected chi connectivity index (χ0v) is 12.7. The SMILES string of the molecule is Nc1ccc(Br)c(C(=O)Cc2ccc(Br)s2)c1. The summed E-state index contributed by atoms with van der Waals surface area (Å²) in [5.41, 5.74) is 6.92. The molecule has 0 bridgehead atoms. The third-order valence-electron chi connectivity index (χ3n) is 2.25. The van der Waals surface area contributed by atoms with Gasteiger partial charge in [0.15, 0.2) is 5.78 Å². The van der Waals surface area contributed by atoms with Crippen LogP contribution in [0.3, 0.4) is 0 Å². The summed E-state index contributed by atoms with van der Waals surface area (Å²) in [4.78, 5) is 13.1. The number of carbonyl (C=O) groups is 1. The largest absolute Gasteiger partial charge is 0.399 e. The van der Waals surface area contributed by atoms with Gasteiger partial charge in [0.2, 0.25) is 0 Å². The van der Waals surface area contributed by atoms with Crippen molar-refractivity contribution in [3.8, 4) is 0 Å². The molecular formula is C12H9Br2NOS. The zero-order valence-electron chi connectivity index (χ0n) is 8.74. The fourth-order valence-electron chi connectivity index (χ4n) is 1.46. The number of nitrogen functional groups attached to an aromatic ring is 1. The van der Waals surface area contributed by atoms with E-state index in [-0.39, 0.29) is 5.78 Å². The molecule has 0 aliphatic carbocycles. The number of benzene rings is 1. The monoisotopic (exact) mass is 373 g/mol. The second kappa shape index (κ2) is 5.33. The molecule has 5 heteroatoms. The van der Waals surface area contributed by atoms with Crippen molar-refractivity contribution < 1.29 is 4.79 Å². The highest BCUT2D eigenvalue weighted by atomic mass is 79.9. The first-order valence-corrected chi connectivity index (χ1v) is 7.29. The maximum absolute atomic E-state index is 12.1. The maximum Gasteiger partial charge on any atom is 0.169 e. The van der Waals surface area contributed by atoms with Gasteiger partial charge in [-0.3, -0.25) is 4.79 Å². The number of carbonyl (C=O) groups excluding carboxylic acids is 1. The number of anilines is 1. The predicted octanol–water partition coefficient (Wildman–Crippen LogP) is 4.28. The van der Waals surface area contributed by atoms with E-state index in [0.29, 0.717) is 17.7 Å². The van der Waals surface area contributed by atoms with E-state index in [4.69, 9.17) is 5.73 Å². The Kier molecular flexibility index (Phi) is 4.01. The molecule has 1 heterocycles. The van der Waals surface area contributed by atoms with Crippen LogP contribution >= 0.6 is 43.2 Å². The van der Waals surface area contributed by atoms with Crippen LogP contribution in [0.5, 0.6) is 0 Å². The summed E-state index contributed by atoms with van der Waals surface area (Å²) in [5, 5.41) is 0. The average molecular weight is 375 g/mol. The molecule has 0 saturated carbocycles. The van der Waals surface area contributed by atoms with Crippen molar-refractivity contribution in [1.82, 2.24) is 0 Å². The van der Waals surface area contributed by atoms with Crippen molar-refractivity contribution >= 4 is 54.7 Å². The first-order valence-electron chi connectivity index (χ1n) is 4.88. The molecule has 17 heavy (non-hydrogen) atoms. The highest BCUT2D eigenvalue weighted by molar-refractivity contribution is 9.11. The van der Waals surface area contributed by atoms with Crippen molar-refractivity contribution in [3.05, 3.63) is 49.0 Å². The van der Waals surface area contributed by atoms with Gasteiger partial charge in [0, 0.05) is 27.0 Å². The van der Waals surface area contributed by atoms with E-state index < -0.39 is 0 Å². The first-order chi connectivity index (χ1) is 8.06. The van der Waals surface area contributed by atoms with Gasteiger partial charge in [-0.25, -0.2) is 0 Å². The van der Waals surface area contributed by atoms with E-state index in [1.165, 1.54) is 0 Å².